The summed E-state index contributed by atoms with van der Waals surface area (Å²) in [4.78, 5) is 6.92. The second-order valence-electron chi connectivity index (χ2n) is 9.19. The van der Waals surface area contributed by atoms with Gasteiger partial charge in [-0.15, -0.1) is 0 Å². The Hall–Kier alpha value is -2.27. The third-order valence-electron chi connectivity index (χ3n) is 7.05. The third kappa shape index (κ3) is 4.72. The van der Waals surface area contributed by atoms with E-state index >= 15 is 0 Å². The Morgan fingerprint density at radius 2 is 1.93 bits per heavy atom. The molecule has 2 aromatic rings. The lowest BCUT2D eigenvalue weighted by molar-refractivity contribution is 0.276. The van der Waals surface area contributed by atoms with Crippen LogP contribution in [0.5, 0.6) is 5.75 Å². The summed E-state index contributed by atoms with van der Waals surface area (Å²) in [5, 5.41) is 7.27. The van der Waals surface area contributed by atoms with Crippen molar-refractivity contribution in [1.82, 2.24) is 10.3 Å². The molecule has 0 unspecified atom stereocenters. The molecule has 1 aromatic carbocycles. The summed E-state index contributed by atoms with van der Waals surface area (Å²) in [7, 11) is 0. The molecule has 3 aliphatic heterocycles. The van der Waals surface area contributed by atoms with E-state index in [0.717, 1.165) is 37.9 Å². The number of nitrogens with one attached hydrogen (secondary N) is 2. The third-order valence-corrected chi connectivity index (χ3v) is 7.05. The maximum absolute atomic E-state index is 6.01. The number of anilines is 2. The fourth-order valence-corrected chi connectivity index (χ4v) is 5.26. The number of ether oxygens (including phenoxy) is 1. The zero-order valence-electron chi connectivity index (χ0n) is 17.9. The van der Waals surface area contributed by atoms with E-state index in [1.54, 1.807) is 0 Å². The lowest BCUT2D eigenvalue weighted by Crippen LogP contribution is -2.36. The number of hydrogen-bond donors (Lipinski definition) is 2. The highest BCUT2D eigenvalue weighted by Gasteiger charge is 2.25. The minimum atomic E-state index is 0.491. The van der Waals surface area contributed by atoms with Crippen molar-refractivity contribution in [2.45, 2.75) is 57.0 Å². The van der Waals surface area contributed by atoms with Crippen molar-refractivity contribution >= 4 is 11.4 Å². The Bertz CT molecular complexity index is 827. The summed E-state index contributed by atoms with van der Waals surface area (Å²) >= 11 is 0. The summed E-state index contributed by atoms with van der Waals surface area (Å²) in [6.45, 7) is 4.08. The number of fused-ring (bicyclic) bond motifs is 1. The number of para-hydroxylation sites is 1. The van der Waals surface area contributed by atoms with Gasteiger partial charge in [0.25, 0.3) is 0 Å². The molecule has 4 heterocycles. The van der Waals surface area contributed by atoms with E-state index in [2.05, 4.69) is 50.8 Å². The number of hydrogen-bond acceptors (Lipinski definition) is 5. The molecule has 1 aromatic heterocycles. The average molecular weight is 407 g/mol. The lowest BCUT2D eigenvalue weighted by Gasteiger charge is -2.36. The van der Waals surface area contributed by atoms with Gasteiger partial charge in [-0.05, 0) is 69.0 Å². The van der Waals surface area contributed by atoms with Gasteiger partial charge in [0.05, 0.1) is 18.1 Å². The minimum Gasteiger partial charge on any atom is -0.490 e. The number of pyridine rings is 1. The van der Waals surface area contributed by atoms with E-state index in [4.69, 9.17) is 4.74 Å². The van der Waals surface area contributed by atoms with Gasteiger partial charge in [-0.2, -0.15) is 0 Å². The van der Waals surface area contributed by atoms with Crippen molar-refractivity contribution < 1.29 is 4.74 Å². The average Bonchev–Trinajstić information content (AvgIpc) is 3.32. The zero-order chi connectivity index (χ0) is 20.2. The second-order valence-corrected chi connectivity index (χ2v) is 9.19. The van der Waals surface area contributed by atoms with Crippen molar-refractivity contribution in [3.63, 3.8) is 0 Å². The molecular formula is C25H34N4O. The Balaban J connectivity index is 1.10. The van der Waals surface area contributed by atoms with Gasteiger partial charge < -0.3 is 20.3 Å². The van der Waals surface area contributed by atoms with Gasteiger partial charge in [-0.25, -0.2) is 0 Å². The van der Waals surface area contributed by atoms with E-state index in [9.17, 15) is 0 Å². The molecule has 0 amide bonds. The number of rotatable bonds is 6. The molecule has 2 N–H and O–H groups in total. The molecule has 0 spiro atoms. The maximum Gasteiger partial charge on any atom is 0.139 e. The summed E-state index contributed by atoms with van der Waals surface area (Å²) in [5.74, 6) is 1.71. The van der Waals surface area contributed by atoms with E-state index in [-0.39, 0.29) is 0 Å². The van der Waals surface area contributed by atoms with Crippen molar-refractivity contribution in [3.05, 3.63) is 48.3 Å². The molecule has 0 saturated carbocycles. The SMILES string of the molecule is c1ccc2c(c1)CC[C@@H](CC1CCN(c3cncc(OC[C@@H]4CCCN4)c3)CC1)N2. The zero-order valence-corrected chi connectivity index (χ0v) is 17.9. The van der Waals surface area contributed by atoms with Gasteiger partial charge >= 0.3 is 0 Å². The Morgan fingerprint density at radius 1 is 1.03 bits per heavy atom. The number of aromatic nitrogens is 1. The fourth-order valence-electron chi connectivity index (χ4n) is 5.26. The van der Waals surface area contributed by atoms with Gasteiger partial charge in [0, 0.05) is 36.9 Å². The van der Waals surface area contributed by atoms with Gasteiger partial charge in [-0.1, -0.05) is 18.2 Å². The first-order valence-corrected chi connectivity index (χ1v) is 11.7. The van der Waals surface area contributed by atoms with E-state index in [1.165, 1.54) is 61.9 Å². The van der Waals surface area contributed by atoms with Crippen LogP contribution in [-0.4, -0.2) is 43.3 Å². The van der Waals surface area contributed by atoms with Gasteiger partial charge in [0.15, 0.2) is 0 Å². The summed E-state index contributed by atoms with van der Waals surface area (Å²) in [6, 6.07) is 12.1. The van der Waals surface area contributed by atoms with Gasteiger partial charge in [0.1, 0.15) is 12.4 Å². The highest BCUT2D eigenvalue weighted by molar-refractivity contribution is 5.53. The largest absolute Gasteiger partial charge is 0.490 e. The van der Waals surface area contributed by atoms with Crippen molar-refractivity contribution in [2.24, 2.45) is 5.92 Å². The summed E-state index contributed by atoms with van der Waals surface area (Å²) in [6.07, 6.45) is 12.6. The van der Waals surface area contributed by atoms with Crippen LogP contribution in [0, 0.1) is 5.92 Å². The van der Waals surface area contributed by atoms with Crippen molar-refractivity contribution in [1.29, 1.82) is 0 Å². The van der Waals surface area contributed by atoms with Gasteiger partial charge in [-0.3, -0.25) is 4.98 Å². The normalized spacial score (nSPS) is 24.3. The Labute approximate surface area is 180 Å². The Kier molecular flexibility index (Phi) is 6.07. The van der Waals surface area contributed by atoms with Crippen LogP contribution in [0.25, 0.3) is 0 Å². The molecule has 30 heavy (non-hydrogen) atoms. The van der Waals surface area contributed by atoms with Crippen LogP contribution >= 0.6 is 0 Å². The monoisotopic (exact) mass is 406 g/mol. The molecule has 0 radical (unpaired) electrons. The molecule has 3 aliphatic rings. The van der Waals surface area contributed by atoms with Crippen LogP contribution in [-0.2, 0) is 6.42 Å². The minimum absolute atomic E-state index is 0.491. The quantitative estimate of drug-likeness (QED) is 0.751. The number of nitrogens with zero attached hydrogens (tertiary/aromatic N) is 2. The van der Waals surface area contributed by atoms with Crippen LogP contribution in [0.15, 0.2) is 42.7 Å². The predicted molar refractivity (Wildman–Crippen MR) is 122 cm³/mol. The second kappa shape index (κ2) is 9.25. The molecule has 2 atom stereocenters. The summed E-state index contributed by atoms with van der Waals surface area (Å²) < 4.78 is 6.01. The topological polar surface area (TPSA) is 49.4 Å². The molecule has 5 heteroatoms. The van der Waals surface area contributed by atoms with Crippen LogP contribution in [0.1, 0.15) is 44.1 Å². The molecule has 5 rings (SSSR count). The molecule has 5 nitrogen and oxygen atoms in total. The fraction of sp³-hybridized carbons (Fsp3) is 0.560. The van der Waals surface area contributed by atoms with Crippen molar-refractivity contribution in [2.75, 3.05) is 36.5 Å². The highest BCUT2D eigenvalue weighted by atomic mass is 16.5. The van der Waals surface area contributed by atoms with Crippen LogP contribution in [0.4, 0.5) is 11.4 Å². The van der Waals surface area contributed by atoms with E-state index < -0.39 is 0 Å². The summed E-state index contributed by atoms with van der Waals surface area (Å²) in [5.41, 5.74) is 4.03. The molecule has 0 aliphatic carbocycles. The molecule has 2 fully saturated rings. The first kappa shape index (κ1) is 19.7. The number of piperidine rings is 1. The molecule has 0 bridgehead atoms. The van der Waals surface area contributed by atoms with Crippen LogP contribution < -0.4 is 20.3 Å². The predicted octanol–water partition coefficient (Wildman–Crippen LogP) is 4.25. The number of aryl methyl sites for hydroxylation is 1. The van der Waals surface area contributed by atoms with E-state index in [0.29, 0.717) is 12.1 Å². The van der Waals surface area contributed by atoms with Crippen LogP contribution in [0.3, 0.4) is 0 Å². The molecule has 160 valence electrons. The standard InChI is InChI=1S/C25H34N4O/c1-2-6-25-20(4-1)7-8-21(28-25)14-19-9-12-29(13-10-19)23-15-24(17-26-16-23)30-18-22-5-3-11-27-22/h1-2,4,6,15-17,19,21-22,27-28H,3,5,7-14,18H2/t21-,22-/m0/s1. The smallest absolute Gasteiger partial charge is 0.139 e. The first-order valence-electron chi connectivity index (χ1n) is 11.7. The maximum atomic E-state index is 6.01. The molecular weight excluding hydrogens is 372 g/mol. The van der Waals surface area contributed by atoms with Crippen molar-refractivity contribution in [3.8, 4) is 5.75 Å². The number of benzene rings is 1. The Morgan fingerprint density at radius 3 is 2.80 bits per heavy atom. The van der Waals surface area contributed by atoms with Gasteiger partial charge in [0.2, 0.25) is 0 Å². The lowest BCUT2D eigenvalue weighted by atomic mass is 9.86. The van der Waals surface area contributed by atoms with Crippen LogP contribution in [0.2, 0.25) is 0 Å². The molecule has 2 saturated heterocycles. The first-order chi connectivity index (χ1) is 14.8. The highest BCUT2D eigenvalue weighted by Crippen LogP contribution is 2.32. The van der Waals surface area contributed by atoms with E-state index in [1.807, 2.05) is 12.4 Å².